The Balaban J connectivity index is 1.96. The molecule has 0 bridgehead atoms. The van der Waals surface area contributed by atoms with Crippen LogP contribution in [-0.4, -0.2) is 22.0 Å². The number of nitrogens with two attached hydrogens (primary N) is 1. The van der Waals surface area contributed by atoms with Gasteiger partial charge in [0.05, 0.1) is 6.04 Å². The lowest BCUT2D eigenvalue weighted by Crippen LogP contribution is -2.37. The molecule has 0 aliphatic heterocycles. The van der Waals surface area contributed by atoms with Crippen LogP contribution >= 0.6 is 11.6 Å². The molecule has 104 valence electrons. The fraction of sp³-hybridized carbons (Fsp3) is 0.143. The lowest BCUT2D eigenvalue weighted by Gasteiger charge is -2.12. The molecule has 0 aliphatic carbocycles. The lowest BCUT2D eigenvalue weighted by molar-refractivity contribution is -0.117. The predicted molar refractivity (Wildman–Crippen MR) is 77.7 cm³/mol. The molecule has 1 aromatic heterocycles. The summed E-state index contributed by atoms with van der Waals surface area (Å²) >= 11 is 5.74. The Bertz CT molecular complexity index is 602. The summed E-state index contributed by atoms with van der Waals surface area (Å²) in [5.74, 6) is -0.126. The first-order valence-corrected chi connectivity index (χ1v) is 6.38. The van der Waals surface area contributed by atoms with Crippen LogP contribution in [0.4, 0.5) is 5.69 Å². The molecule has 20 heavy (non-hydrogen) atoms. The zero-order valence-electron chi connectivity index (χ0n) is 10.6. The number of aromatic nitrogens is 1. The van der Waals surface area contributed by atoms with Crippen molar-refractivity contribution in [1.82, 2.24) is 4.98 Å². The molecule has 1 atom stereocenters. The van der Waals surface area contributed by atoms with Crippen LogP contribution in [0.5, 0.6) is 5.75 Å². The van der Waals surface area contributed by atoms with Crippen molar-refractivity contribution in [1.29, 1.82) is 0 Å². The number of benzene rings is 1. The number of nitrogens with zero attached hydrogens (tertiary/aromatic N) is 1. The molecule has 0 aliphatic rings. The van der Waals surface area contributed by atoms with Crippen molar-refractivity contribution in [3.05, 3.63) is 53.3 Å². The molecule has 0 saturated carbocycles. The first-order chi connectivity index (χ1) is 9.54. The summed E-state index contributed by atoms with van der Waals surface area (Å²) < 4.78 is 0. The normalized spacial score (nSPS) is 11.9. The molecule has 0 unspecified atom stereocenters. The van der Waals surface area contributed by atoms with Gasteiger partial charge in [-0.3, -0.25) is 4.79 Å². The molecule has 2 rings (SSSR count). The summed E-state index contributed by atoms with van der Waals surface area (Å²) in [4.78, 5) is 15.8. The van der Waals surface area contributed by atoms with E-state index >= 15 is 0 Å². The van der Waals surface area contributed by atoms with Crippen LogP contribution in [0.3, 0.4) is 0 Å². The third kappa shape index (κ3) is 3.94. The number of amides is 1. The monoisotopic (exact) mass is 291 g/mol. The minimum atomic E-state index is -0.688. The molecule has 5 nitrogen and oxygen atoms in total. The fourth-order valence-corrected chi connectivity index (χ4v) is 1.87. The van der Waals surface area contributed by atoms with Gasteiger partial charge < -0.3 is 16.2 Å². The number of anilines is 1. The van der Waals surface area contributed by atoms with Gasteiger partial charge in [0.1, 0.15) is 10.9 Å². The molecule has 1 heterocycles. The largest absolute Gasteiger partial charge is 0.508 e. The molecule has 1 amide bonds. The quantitative estimate of drug-likeness (QED) is 0.751. The van der Waals surface area contributed by atoms with Crippen molar-refractivity contribution in [3.8, 4) is 5.75 Å². The van der Waals surface area contributed by atoms with Crippen molar-refractivity contribution >= 4 is 23.2 Å². The highest BCUT2D eigenvalue weighted by Crippen LogP contribution is 2.14. The van der Waals surface area contributed by atoms with Gasteiger partial charge in [0, 0.05) is 11.9 Å². The van der Waals surface area contributed by atoms with Crippen molar-refractivity contribution in [3.63, 3.8) is 0 Å². The fourth-order valence-electron chi connectivity index (χ4n) is 1.69. The van der Waals surface area contributed by atoms with Crippen molar-refractivity contribution < 1.29 is 9.90 Å². The Labute approximate surface area is 121 Å². The number of pyridine rings is 1. The minimum absolute atomic E-state index is 0.179. The molecule has 1 aromatic carbocycles. The second-order valence-electron chi connectivity index (χ2n) is 4.33. The number of hydrogen-bond acceptors (Lipinski definition) is 4. The lowest BCUT2D eigenvalue weighted by atomic mass is 10.1. The summed E-state index contributed by atoms with van der Waals surface area (Å²) in [6.07, 6.45) is 1.88. The molecular weight excluding hydrogens is 278 g/mol. The maximum absolute atomic E-state index is 11.9. The van der Waals surface area contributed by atoms with Crippen LogP contribution < -0.4 is 11.1 Å². The van der Waals surface area contributed by atoms with Gasteiger partial charge >= 0.3 is 0 Å². The van der Waals surface area contributed by atoms with Gasteiger partial charge in [0.2, 0.25) is 5.91 Å². The number of aromatic hydroxyl groups is 1. The first kappa shape index (κ1) is 14.3. The van der Waals surface area contributed by atoms with E-state index in [1.54, 1.807) is 36.4 Å². The van der Waals surface area contributed by atoms with Gasteiger partial charge in [-0.15, -0.1) is 0 Å². The van der Waals surface area contributed by atoms with E-state index in [1.165, 1.54) is 6.20 Å². The van der Waals surface area contributed by atoms with E-state index in [0.29, 0.717) is 17.3 Å². The third-order valence-corrected chi connectivity index (χ3v) is 2.93. The Morgan fingerprint density at radius 1 is 1.35 bits per heavy atom. The van der Waals surface area contributed by atoms with E-state index in [4.69, 9.17) is 17.3 Å². The van der Waals surface area contributed by atoms with E-state index in [-0.39, 0.29) is 11.7 Å². The maximum Gasteiger partial charge on any atom is 0.241 e. The summed E-state index contributed by atoms with van der Waals surface area (Å²) in [7, 11) is 0. The summed E-state index contributed by atoms with van der Waals surface area (Å²) in [6, 6.07) is 9.07. The Morgan fingerprint density at radius 2 is 2.05 bits per heavy atom. The molecule has 0 saturated heterocycles. The number of carbonyl (C=O) groups is 1. The number of hydrogen-bond donors (Lipinski definition) is 3. The molecule has 2 aromatic rings. The Kier molecular flexibility index (Phi) is 4.55. The van der Waals surface area contributed by atoms with Gasteiger partial charge in [-0.25, -0.2) is 4.98 Å². The van der Waals surface area contributed by atoms with Gasteiger partial charge in [-0.1, -0.05) is 23.7 Å². The Hall–Kier alpha value is -2.11. The van der Waals surface area contributed by atoms with E-state index in [2.05, 4.69) is 10.3 Å². The molecule has 0 fully saturated rings. The molecule has 0 radical (unpaired) electrons. The summed E-state index contributed by atoms with van der Waals surface area (Å²) in [5.41, 5.74) is 7.28. The summed E-state index contributed by atoms with van der Waals surface area (Å²) in [5, 5.41) is 12.2. The highest BCUT2D eigenvalue weighted by Gasteiger charge is 2.14. The average molecular weight is 292 g/mol. The predicted octanol–water partition coefficient (Wildman–Crippen LogP) is 1.95. The maximum atomic E-state index is 11.9. The van der Waals surface area contributed by atoms with Crippen molar-refractivity contribution in [2.45, 2.75) is 12.5 Å². The standard InChI is InChI=1S/C14H14ClN3O2/c15-13-8-10(5-6-17-13)18-14(20)12(16)7-9-1-3-11(19)4-2-9/h1-6,8,12,19H,7,16H2,(H,17,18,20)/t12-/m0/s1. The van der Waals surface area contributed by atoms with Crippen LogP contribution in [-0.2, 0) is 11.2 Å². The molecular formula is C14H14ClN3O2. The van der Waals surface area contributed by atoms with Crippen LogP contribution in [0.15, 0.2) is 42.6 Å². The second-order valence-corrected chi connectivity index (χ2v) is 4.72. The van der Waals surface area contributed by atoms with Crippen LogP contribution in [0.25, 0.3) is 0 Å². The third-order valence-electron chi connectivity index (χ3n) is 2.72. The number of nitrogens with one attached hydrogen (secondary N) is 1. The van der Waals surface area contributed by atoms with Crippen molar-refractivity contribution in [2.24, 2.45) is 5.73 Å². The molecule has 0 spiro atoms. The van der Waals surface area contributed by atoms with E-state index in [1.807, 2.05) is 0 Å². The highest BCUT2D eigenvalue weighted by molar-refractivity contribution is 6.29. The van der Waals surface area contributed by atoms with E-state index < -0.39 is 6.04 Å². The van der Waals surface area contributed by atoms with E-state index in [0.717, 1.165) is 5.56 Å². The van der Waals surface area contributed by atoms with Gasteiger partial charge in [0.15, 0.2) is 0 Å². The van der Waals surface area contributed by atoms with Crippen LogP contribution in [0.2, 0.25) is 5.15 Å². The van der Waals surface area contributed by atoms with Gasteiger partial charge in [-0.2, -0.15) is 0 Å². The number of phenolic OH excluding ortho intramolecular Hbond substituents is 1. The Morgan fingerprint density at radius 3 is 2.70 bits per heavy atom. The first-order valence-electron chi connectivity index (χ1n) is 6.00. The SMILES string of the molecule is N[C@@H](Cc1ccc(O)cc1)C(=O)Nc1ccnc(Cl)c1. The zero-order chi connectivity index (χ0) is 14.5. The van der Waals surface area contributed by atoms with Crippen LogP contribution in [0.1, 0.15) is 5.56 Å². The number of halogens is 1. The van der Waals surface area contributed by atoms with Crippen molar-refractivity contribution in [2.75, 3.05) is 5.32 Å². The number of rotatable bonds is 4. The van der Waals surface area contributed by atoms with Gasteiger partial charge in [-0.05, 0) is 36.2 Å². The summed E-state index contributed by atoms with van der Waals surface area (Å²) in [6.45, 7) is 0. The average Bonchev–Trinajstić information content (AvgIpc) is 2.41. The van der Waals surface area contributed by atoms with Gasteiger partial charge in [0.25, 0.3) is 0 Å². The van der Waals surface area contributed by atoms with E-state index in [9.17, 15) is 9.90 Å². The molecule has 6 heteroatoms. The topological polar surface area (TPSA) is 88.2 Å². The minimum Gasteiger partial charge on any atom is -0.508 e. The highest BCUT2D eigenvalue weighted by atomic mass is 35.5. The smallest absolute Gasteiger partial charge is 0.241 e. The van der Waals surface area contributed by atoms with Crippen LogP contribution in [0, 0.1) is 0 Å². The zero-order valence-corrected chi connectivity index (χ0v) is 11.3. The second kappa shape index (κ2) is 6.36. The molecule has 4 N–H and O–H groups in total. The number of phenols is 1. The number of carbonyl (C=O) groups excluding carboxylic acids is 1.